The summed E-state index contributed by atoms with van der Waals surface area (Å²) in [5.74, 6) is 0. The average Bonchev–Trinajstić information content (AvgIpc) is 2.30. The van der Waals surface area contributed by atoms with E-state index in [9.17, 15) is 0 Å². The first-order valence-electron chi connectivity index (χ1n) is 4.32. The predicted molar refractivity (Wildman–Crippen MR) is 49.7 cm³/mol. The molecule has 2 atom stereocenters. The van der Waals surface area contributed by atoms with Gasteiger partial charge in [0, 0.05) is 25.2 Å². The van der Waals surface area contributed by atoms with Gasteiger partial charge in [0.15, 0.2) is 0 Å². The third kappa shape index (κ3) is 1.30. The Bertz CT molecular complexity index is 149. The molecule has 0 spiro atoms. The van der Waals surface area contributed by atoms with Crippen LogP contribution in [0.3, 0.4) is 0 Å². The third-order valence-corrected chi connectivity index (χ3v) is 3.94. The summed E-state index contributed by atoms with van der Waals surface area (Å²) in [6.07, 6.45) is 4.96. The molecule has 11 heavy (non-hydrogen) atoms. The summed E-state index contributed by atoms with van der Waals surface area (Å²) in [7, 11) is 2.26. The van der Waals surface area contributed by atoms with E-state index in [1.807, 2.05) is 11.9 Å². The van der Waals surface area contributed by atoms with Crippen LogP contribution >= 0.6 is 11.9 Å². The Balaban J connectivity index is 2.03. The molecule has 2 fully saturated rings. The lowest BCUT2D eigenvalue weighted by Crippen LogP contribution is -2.35. The fourth-order valence-electron chi connectivity index (χ4n) is 2.30. The number of likely N-dealkylation sites (tertiary alicyclic amines) is 1. The fraction of sp³-hybridized carbons (Fsp3) is 1.00. The zero-order valence-corrected chi connectivity index (χ0v) is 8.10. The summed E-state index contributed by atoms with van der Waals surface area (Å²) in [4.78, 5) is 2.51. The highest BCUT2D eigenvalue weighted by atomic mass is 32.2. The second-order valence-corrected chi connectivity index (χ2v) is 4.43. The van der Waals surface area contributed by atoms with Crippen molar-refractivity contribution in [2.75, 3.05) is 26.4 Å². The van der Waals surface area contributed by atoms with Crippen molar-refractivity contribution in [1.29, 1.82) is 0 Å². The molecule has 0 aliphatic carbocycles. The third-order valence-electron chi connectivity index (χ3n) is 2.99. The standard InChI is InChI=1S/C8H16N2S/c1-9-6-8-5-7(9)3-4-10(8)11-2/h7-8H,3-6H2,1-2H3. The van der Waals surface area contributed by atoms with Crippen LogP contribution in [0, 0.1) is 0 Å². The van der Waals surface area contributed by atoms with Crippen molar-refractivity contribution in [2.24, 2.45) is 0 Å². The van der Waals surface area contributed by atoms with E-state index >= 15 is 0 Å². The van der Waals surface area contributed by atoms with Gasteiger partial charge in [-0.2, -0.15) is 0 Å². The van der Waals surface area contributed by atoms with Gasteiger partial charge in [-0.25, -0.2) is 4.31 Å². The van der Waals surface area contributed by atoms with Crippen molar-refractivity contribution >= 4 is 11.9 Å². The molecule has 0 amide bonds. The van der Waals surface area contributed by atoms with E-state index in [0.717, 1.165) is 12.1 Å². The van der Waals surface area contributed by atoms with Crippen molar-refractivity contribution in [3.8, 4) is 0 Å². The number of piperidine rings is 1. The monoisotopic (exact) mass is 172 g/mol. The molecule has 0 N–H and O–H groups in total. The molecular weight excluding hydrogens is 156 g/mol. The highest BCUT2D eigenvalue weighted by molar-refractivity contribution is 7.96. The summed E-state index contributed by atoms with van der Waals surface area (Å²) in [5.41, 5.74) is 0. The molecule has 2 bridgehead atoms. The Morgan fingerprint density at radius 2 is 2.18 bits per heavy atom. The SMILES string of the molecule is CSN1CCC2CC1CN2C. The van der Waals surface area contributed by atoms with Gasteiger partial charge in [0.1, 0.15) is 0 Å². The highest BCUT2D eigenvalue weighted by Crippen LogP contribution is 2.31. The number of fused-ring (bicyclic) bond motifs is 2. The molecule has 2 unspecified atom stereocenters. The topological polar surface area (TPSA) is 6.48 Å². The zero-order valence-electron chi connectivity index (χ0n) is 7.29. The second kappa shape index (κ2) is 2.96. The molecule has 2 heterocycles. The maximum atomic E-state index is 2.54. The molecule has 0 aromatic rings. The molecule has 2 rings (SSSR count). The molecule has 0 aromatic carbocycles. The zero-order chi connectivity index (χ0) is 7.84. The maximum absolute atomic E-state index is 2.54. The summed E-state index contributed by atoms with van der Waals surface area (Å²) >= 11 is 1.91. The molecule has 64 valence electrons. The van der Waals surface area contributed by atoms with E-state index in [-0.39, 0.29) is 0 Å². The Kier molecular flexibility index (Phi) is 2.12. The molecule has 2 saturated heterocycles. The highest BCUT2D eigenvalue weighted by Gasteiger charge is 2.37. The van der Waals surface area contributed by atoms with Crippen LogP contribution in [0.5, 0.6) is 0 Å². The summed E-state index contributed by atoms with van der Waals surface area (Å²) in [5, 5.41) is 0. The molecule has 2 nitrogen and oxygen atoms in total. The minimum atomic E-state index is 0.841. The van der Waals surface area contributed by atoms with Crippen molar-refractivity contribution < 1.29 is 0 Å². The quantitative estimate of drug-likeness (QED) is 0.546. The van der Waals surface area contributed by atoms with Crippen LogP contribution in [-0.4, -0.2) is 47.7 Å². The van der Waals surface area contributed by atoms with E-state index < -0.39 is 0 Å². The normalized spacial score (nSPS) is 39.8. The second-order valence-electron chi connectivity index (χ2n) is 3.59. The Morgan fingerprint density at radius 1 is 1.36 bits per heavy atom. The van der Waals surface area contributed by atoms with Crippen LogP contribution in [0.4, 0.5) is 0 Å². The van der Waals surface area contributed by atoms with E-state index in [2.05, 4.69) is 22.5 Å². The first kappa shape index (κ1) is 7.90. The van der Waals surface area contributed by atoms with Crippen LogP contribution in [0.25, 0.3) is 0 Å². The smallest absolute Gasteiger partial charge is 0.0344 e. The number of hydrogen-bond acceptors (Lipinski definition) is 3. The molecule has 2 aliphatic heterocycles. The van der Waals surface area contributed by atoms with Crippen LogP contribution in [-0.2, 0) is 0 Å². The lowest BCUT2D eigenvalue weighted by molar-refractivity contribution is 0.278. The summed E-state index contributed by atoms with van der Waals surface area (Å²) in [6.45, 7) is 2.58. The van der Waals surface area contributed by atoms with Crippen molar-refractivity contribution in [1.82, 2.24) is 9.21 Å². The lowest BCUT2D eigenvalue weighted by Gasteiger charge is -2.30. The molecule has 0 radical (unpaired) electrons. The van der Waals surface area contributed by atoms with Crippen LogP contribution in [0.1, 0.15) is 12.8 Å². The number of nitrogens with zero attached hydrogens (tertiary/aromatic N) is 2. The first-order chi connectivity index (χ1) is 5.31. The maximum Gasteiger partial charge on any atom is 0.0344 e. The van der Waals surface area contributed by atoms with E-state index in [1.54, 1.807) is 0 Å². The van der Waals surface area contributed by atoms with Gasteiger partial charge in [0.25, 0.3) is 0 Å². The Labute approximate surface area is 73.1 Å². The van der Waals surface area contributed by atoms with E-state index in [0.29, 0.717) is 0 Å². The number of rotatable bonds is 1. The van der Waals surface area contributed by atoms with Gasteiger partial charge >= 0.3 is 0 Å². The largest absolute Gasteiger partial charge is 0.302 e. The van der Waals surface area contributed by atoms with E-state index in [4.69, 9.17) is 0 Å². The first-order valence-corrected chi connectivity index (χ1v) is 5.50. The average molecular weight is 172 g/mol. The van der Waals surface area contributed by atoms with Gasteiger partial charge in [0.2, 0.25) is 0 Å². The lowest BCUT2D eigenvalue weighted by atomic mass is 10.1. The minimum absolute atomic E-state index is 0.841. The van der Waals surface area contributed by atoms with Crippen molar-refractivity contribution in [3.63, 3.8) is 0 Å². The minimum Gasteiger partial charge on any atom is -0.302 e. The Hall–Kier alpha value is 0.270. The van der Waals surface area contributed by atoms with Gasteiger partial charge in [0.05, 0.1) is 0 Å². The van der Waals surface area contributed by atoms with Crippen molar-refractivity contribution in [3.05, 3.63) is 0 Å². The van der Waals surface area contributed by atoms with Gasteiger partial charge in [-0.1, -0.05) is 11.9 Å². The molecular formula is C8H16N2S. The molecule has 2 aliphatic rings. The van der Waals surface area contributed by atoms with Crippen LogP contribution in [0.15, 0.2) is 0 Å². The summed E-state index contributed by atoms with van der Waals surface area (Å²) in [6, 6.07) is 1.73. The molecule has 0 aromatic heterocycles. The van der Waals surface area contributed by atoms with Crippen LogP contribution < -0.4 is 0 Å². The van der Waals surface area contributed by atoms with Crippen molar-refractivity contribution in [2.45, 2.75) is 24.9 Å². The van der Waals surface area contributed by atoms with Crippen LogP contribution in [0.2, 0.25) is 0 Å². The van der Waals surface area contributed by atoms with Gasteiger partial charge in [-0.3, -0.25) is 0 Å². The van der Waals surface area contributed by atoms with E-state index in [1.165, 1.54) is 25.9 Å². The fourth-order valence-corrected chi connectivity index (χ4v) is 3.03. The predicted octanol–water partition coefficient (Wildman–Crippen LogP) is 1.04. The molecule has 0 saturated carbocycles. The Morgan fingerprint density at radius 3 is 2.91 bits per heavy atom. The number of hydrogen-bond donors (Lipinski definition) is 0. The van der Waals surface area contributed by atoms with Gasteiger partial charge < -0.3 is 4.90 Å². The van der Waals surface area contributed by atoms with Gasteiger partial charge in [-0.15, -0.1) is 0 Å². The summed E-state index contributed by atoms with van der Waals surface area (Å²) < 4.78 is 2.54. The number of likely N-dealkylation sites (N-methyl/N-ethyl adjacent to an activating group) is 1. The van der Waals surface area contributed by atoms with Gasteiger partial charge in [-0.05, 0) is 26.1 Å². The molecule has 3 heteroatoms.